The number of piperidine rings is 1. The van der Waals surface area contributed by atoms with Crippen molar-refractivity contribution < 1.29 is 14.3 Å². The Kier molecular flexibility index (Phi) is 5.32. The SMILES string of the molecule is COc1nc(OC)nc(N2CCC(CC(=O)NC3CCC3)CC2)n1. The molecule has 2 fully saturated rings. The van der Waals surface area contributed by atoms with E-state index < -0.39 is 0 Å². The Morgan fingerprint density at radius 1 is 1.08 bits per heavy atom. The zero-order chi connectivity index (χ0) is 16.9. The average molecular weight is 335 g/mol. The second-order valence-corrected chi connectivity index (χ2v) is 6.44. The molecule has 1 saturated carbocycles. The van der Waals surface area contributed by atoms with Crippen molar-refractivity contribution in [2.45, 2.75) is 44.6 Å². The molecule has 1 aliphatic carbocycles. The number of anilines is 1. The summed E-state index contributed by atoms with van der Waals surface area (Å²) in [6.45, 7) is 1.63. The topological polar surface area (TPSA) is 89.5 Å². The Hall–Kier alpha value is -2.12. The molecule has 8 nitrogen and oxygen atoms in total. The van der Waals surface area contributed by atoms with Gasteiger partial charge in [0.05, 0.1) is 14.2 Å². The lowest BCUT2D eigenvalue weighted by Crippen LogP contribution is -2.41. The molecule has 0 aromatic carbocycles. The minimum Gasteiger partial charge on any atom is -0.467 e. The summed E-state index contributed by atoms with van der Waals surface area (Å²) in [5, 5.41) is 3.12. The third kappa shape index (κ3) is 4.04. The predicted molar refractivity (Wildman–Crippen MR) is 88.3 cm³/mol. The Balaban J connectivity index is 1.52. The van der Waals surface area contributed by atoms with Gasteiger partial charge in [0.1, 0.15) is 0 Å². The summed E-state index contributed by atoms with van der Waals surface area (Å²) in [5.41, 5.74) is 0. The number of aromatic nitrogens is 3. The van der Waals surface area contributed by atoms with E-state index in [-0.39, 0.29) is 17.9 Å². The van der Waals surface area contributed by atoms with E-state index in [9.17, 15) is 4.79 Å². The summed E-state index contributed by atoms with van der Waals surface area (Å²) in [4.78, 5) is 26.7. The number of hydrogen-bond donors (Lipinski definition) is 1. The van der Waals surface area contributed by atoms with Crippen LogP contribution in [0.15, 0.2) is 0 Å². The molecular formula is C16H25N5O3. The third-order valence-corrected chi connectivity index (χ3v) is 4.79. The highest BCUT2D eigenvalue weighted by molar-refractivity contribution is 5.76. The molecule has 0 radical (unpaired) electrons. The molecule has 2 heterocycles. The van der Waals surface area contributed by atoms with Crippen LogP contribution in [0, 0.1) is 5.92 Å². The molecule has 1 amide bonds. The van der Waals surface area contributed by atoms with Crippen molar-refractivity contribution in [2.75, 3.05) is 32.2 Å². The van der Waals surface area contributed by atoms with Crippen molar-refractivity contribution in [3.8, 4) is 12.0 Å². The number of hydrogen-bond acceptors (Lipinski definition) is 7. The van der Waals surface area contributed by atoms with Crippen molar-refractivity contribution in [1.82, 2.24) is 20.3 Å². The van der Waals surface area contributed by atoms with Crippen molar-refractivity contribution >= 4 is 11.9 Å². The van der Waals surface area contributed by atoms with Crippen LogP contribution in [0.3, 0.4) is 0 Å². The summed E-state index contributed by atoms with van der Waals surface area (Å²) in [6.07, 6.45) is 6.03. The maximum atomic E-state index is 12.0. The van der Waals surface area contributed by atoms with Gasteiger partial charge in [-0.25, -0.2) is 0 Å². The zero-order valence-corrected chi connectivity index (χ0v) is 14.3. The lowest BCUT2D eigenvalue weighted by molar-refractivity contribution is -0.123. The van der Waals surface area contributed by atoms with Crippen molar-refractivity contribution in [1.29, 1.82) is 0 Å². The van der Waals surface area contributed by atoms with Gasteiger partial charge in [-0.3, -0.25) is 4.79 Å². The summed E-state index contributed by atoms with van der Waals surface area (Å²) in [6, 6.07) is 0.917. The summed E-state index contributed by atoms with van der Waals surface area (Å²) < 4.78 is 10.2. The molecule has 0 bridgehead atoms. The number of amides is 1. The summed E-state index contributed by atoms with van der Waals surface area (Å²) >= 11 is 0. The highest BCUT2D eigenvalue weighted by atomic mass is 16.5. The largest absolute Gasteiger partial charge is 0.467 e. The second-order valence-electron chi connectivity index (χ2n) is 6.44. The molecule has 1 aromatic rings. The standard InChI is InChI=1S/C16H25N5O3/c1-23-15-18-14(19-16(20-15)24-2)21-8-6-11(7-9-21)10-13(22)17-12-4-3-5-12/h11-12H,3-10H2,1-2H3,(H,17,22). The smallest absolute Gasteiger partial charge is 0.324 e. The second kappa shape index (κ2) is 7.63. The van der Waals surface area contributed by atoms with Gasteiger partial charge in [0.25, 0.3) is 0 Å². The molecule has 0 atom stereocenters. The van der Waals surface area contributed by atoms with Gasteiger partial charge in [0.2, 0.25) is 11.9 Å². The van der Waals surface area contributed by atoms with E-state index in [1.807, 2.05) is 0 Å². The van der Waals surface area contributed by atoms with Crippen LogP contribution in [0.4, 0.5) is 5.95 Å². The summed E-state index contributed by atoms with van der Waals surface area (Å²) in [7, 11) is 3.04. The average Bonchev–Trinajstić information content (AvgIpc) is 2.58. The molecule has 2 aliphatic rings. The lowest BCUT2D eigenvalue weighted by Gasteiger charge is -2.32. The fourth-order valence-electron chi connectivity index (χ4n) is 3.09. The summed E-state index contributed by atoms with van der Waals surface area (Å²) in [5.74, 6) is 1.18. The predicted octanol–water partition coefficient (Wildman–Crippen LogP) is 1.16. The molecule has 3 rings (SSSR count). The van der Waals surface area contributed by atoms with Gasteiger partial charge < -0.3 is 19.7 Å². The van der Waals surface area contributed by atoms with E-state index in [1.165, 1.54) is 20.6 Å². The Labute approximate surface area is 142 Å². The van der Waals surface area contributed by atoms with Gasteiger partial charge >= 0.3 is 12.0 Å². The fourth-order valence-corrected chi connectivity index (χ4v) is 3.09. The molecule has 132 valence electrons. The van der Waals surface area contributed by atoms with Gasteiger partial charge in [-0.2, -0.15) is 9.97 Å². The number of carbonyl (C=O) groups is 1. The van der Waals surface area contributed by atoms with Crippen molar-refractivity contribution in [3.63, 3.8) is 0 Å². The molecule has 1 saturated heterocycles. The van der Waals surface area contributed by atoms with Gasteiger partial charge in [-0.15, -0.1) is 4.98 Å². The first-order chi connectivity index (χ1) is 11.7. The minimum atomic E-state index is 0.196. The Bertz CT molecular complexity index is 549. The van der Waals surface area contributed by atoms with Crippen LogP contribution in [0.25, 0.3) is 0 Å². The molecule has 1 aliphatic heterocycles. The fraction of sp³-hybridized carbons (Fsp3) is 0.750. The van der Waals surface area contributed by atoms with Gasteiger partial charge in [0, 0.05) is 25.6 Å². The quantitative estimate of drug-likeness (QED) is 0.834. The van der Waals surface area contributed by atoms with E-state index in [0.717, 1.165) is 38.8 Å². The van der Waals surface area contributed by atoms with Crippen molar-refractivity contribution in [2.24, 2.45) is 5.92 Å². The van der Waals surface area contributed by atoms with E-state index in [4.69, 9.17) is 9.47 Å². The van der Waals surface area contributed by atoms with Crippen LogP contribution in [0.1, 0.15) is 38.5 Å². The van der Waals surface area contributed by atoms with E-state index in [1.54, 1.807) is 0 Å². The number of rotatable bonds is 6. The normalized spacial score (nSPS) is 18.8. The van der Waals surface area contributed by atoms with Gasteiger partial charge in [-0.1, -0.05) is 0 Å². The molecule has 0 spiro atoms. The molecule has 0 unspecified atom stereocenters. The number of nitrogens with one attached hydrogen (secondary N) is 1. The van der Waals surface area contributed by atoms with Crippen LogP contribution >= 0.6 is 0 Å². The van der Waals surface area contributed by atoms with Gasteiger partial charge in [0.15, 0.2) is 0 Å². The minimum absolute atomic E-state index is 0.196. The van der Waals surface area contributed by atoms with Crippen LogP contribution in [-0.2, 0) is 4.79 Å². The highest BCUT2D eigenvalue weighted by Gasteiger charge is 2.26. The maximum Gasteiger partial charge on any atom is 0.324 e. The number of carbonyl (C=O) groups excluding carboxylic acids is 1. The first-order valence-electron chi connectivity index (χ1n) is 8.56. The highest BCUT2D eigenvalue weighted by Crippen LogP contribution is 2.25. The lowest BCUT2D eigenvalue weighted by atomic mass is 9.91. The van der Waals surface area contributed by atoms with E-state index >= 15 is 0 Å². The maximum absolute atomic E-state index is 12.0. The van der Waals surface area contributed by atoms with E-state index in [0.29, 0.717) is 24.3 Å². The van der Waals surface area contributed by atoms with Crippen LogP contribution in [0.2, 0.25) is 0 Å². The zero-order valence-electron chi connectivity index (χ0n) is 14.3. The van der Waals surface area contributed by atoms with Crippen molar-refractivity contribution in [3.05, 3.63) is 0 Å². The molecule has 24 heavy (non-hydrogen) atoms. The van der Waals surface area contributed by atoms with E-state index in [2.05, 4.69) is 25.2 Å². The molecular weight excluding hydrogens is 310 g/mol. The Morgan fingerprint density at radius 3 is 2.21 bits per heavy atom. The molecule has 1 aromatic heterocycles. The van der Waals surface area contributed by atoms with Crippen LogP contribution < -0.4 is 19.7 Å². The first-order valence-corrected chi connectivity index (χ1v) is 8.56. The first kappa shape index (κ1) is 16.7. The molecule has 8 heteroatoms. The van der Waals surface area contributed by atoms with Gasteiger partial charge in [-0.05, 0) is 38.0 Å². The number of nitrogens with zero attached hydrogens (tertiary/aromatic N) is 4. The number of methoxy groups -OCH3 is 2. The molecule has 1 N–H and O–H groups in total. The van der Waals surface area contributed by atoms with Crippen LogP contribution in [0.5, 0.6) is 12.0 Å². The Morgan fingerprint density at radius 2 is 1.71 bits per heavy atom. The van der Waals surface area contributed by atoms with Crippen LogP contribution in [-0.4, -0.2) is 54.2 Å². The monoisotopic (exact) mass is 335 g/mol. The number of ether oxygens (including phenoxy) is 2. The third-order valence-electron chi connectivity index (χ3n) is 4.79.